The molecular formula is C12H16O4S. The summed E-state index contributed by atoms with van der Waals surface area (Å²) in [5, 5.41) is 1.79. The minimum atomic E-state index is -0.285. The van der Waals surface area contributed by atoms with Crippen LogP contribution >= 0.6 is 11.3 Å². The molecule has 0 N–H and O–H groups in total. The average Bonchev–Trinajstić information content (AvgIpc) is 2.96. The van der Waals surface area contributed by atoms with E-state index in [1.54, 1.807) is 25.7 Å². The summed E-state index contributed by atoms with van der Waals surface area (Å²) in [5.41, 5.74) is 0. The van der Waals surface area contributed by atoms with Crippen LogP contribution in [0, 0.1) is 0 Å². The van der Waals surface area contributed by atoms with E-state index in [0.717, 1.165) is 19.3 Å². The molecule has 0 unspecified atom stereocenters. The first-order valence-electron chi connectivity index (χ1n) is 5.61. The highest BCUT2D eigenvalue weighted by molar-refractivity contribution is 7.12. The Kier molecular flexibility index (Phi) is 4.02. The minimum absolute atomic E-state index is 0.0424. The van der Waals surface area contributed by atoms with Crippen molar-refractivity contribution in [2.24, 2.45) is 0 Å². The molecule has 0 bridgehead atoms. The van der Waals surface area contributed by atoms with Gasteiger partial charge in [-0.3, -0.25) is 0 Å². The van der Waals surface area contributed by atoms with Crippen molar-refractivity contribution in [1.82, 2.24) is 0 Å². The standard InChI is InChI=1S/C12H16O4S/c1-14-8-6-11(17-7-8)12(13)16-10-5-3-4-9(10)15-2/h6-7,9-10H,3-5H2,1-2H3/t9-,10+/m1/s1. The third kappa shape index (κ3) is 2.79. The molecule has 17 heavy (non-hydrogen) atoms. The SMILES string of the molecule is COc1csc(C(=O)O[C@H]2CCC[C@H]2OC)c1. The molecule has 2 rings (SSSR count). The maximum absolute atomic E-state index is 11.9. The van der Waals surface area contributed by atoms with Gasteiger partial charge in [0.1, 0.15) is 16.7 Å². The van der Waals surface area contributed by atoms with Crippen LogP contribution in [0.15, 0.2) is 11.4 Å². The van der Waals surface area contributed by atoms with Gasteiger partial charge in [-0.25, -0.2) is 4.79 Å². The maximum atomic E-state index is 11.9. The fourth-order valence-electron chi connectivity index (χ4n) is 2.02. The van der Waals surface area contributed by atoms with E-state index in [-0.39, 0.29) is 18.2 Å². The van der Waals surface area contributed by atoms with Gasteiger partial charge in [-0.15, -0.1) is 11.3 Å². The van der Waals surface area contributed by atoms with E-state index < -0.39 is 0 Å². The summed E-state index contributed by atoms with van der Waals surface area (Å²) in [4.78, 5) is 12.4. The second-order valence-corrected chi connectivity index (χ2v) is 4.91. The minimum Gasteiger partial charge on any atom is -0.496 e. The van der Waals surface area contributed by atoms with Gasteiger partial charge < -0.3 is 14.2 Å². The lowest BCUT2D eigenvalue weighted by Crippen LogP contribution is -2.27. The van der Waals surface area contributed by atoms with Crippen LogP contribution in [-0.4, -0.2) is 32.4 Å². The van der Waals surface area contributed by atoms with E-state index in [1.165, 1.54) is 11.3 Å². The van der Waals surface area contributed by atoms with Crippen LogP contribution in [0.25, 0.3) is 0 Å². The zero-order valence-corrected chi connectivity index (χ0v) is 10.8. The number of rotatable bonds is 4. The number of thiophene rings is 1. The smallest absolute Gasteiger partial charge is 0.348 e. The van der Waals surface area contributed by atoms with Crippen LogP contribution < -0.4 is 4.74 Å². The van der Waals surface area contributed by atoms with Crippen molar-refractivity contribution in [2.75, 3.05) is 14.2 Å². The molecule has 1 aliphatic rings. The van der Waals surface area contributed by atoms with Crippen LogP contribution in [-0.2, 0) is 9.47 Å². The fourth-order valence-corrected chi connectivity index (χ4v) is 2.76. The Morgan fingerprint density at radius 1 is 1.35 bits per heavy atom. The van der Waals surface area contributed by atoms with Crippen molar-refractivity contribution < 1.29 is 19.0 Å². The van der Waals surface area contributed by atoms with Gasteiger partial charge >= 0.3 is 5.97 Å². The Morgan fingerprint density at radius 3 is 2.76 bits per heavy atom. The van der Waals surface area contributed by atoms with Gasteiger partial charge in [-0.2, -0.15) is 0 Å². The number of ether oxygens (including phenoxy) is 3. The largest absolute Gasteiger partial charge is 0.496 e. The van der Waals surface area contributed by atoms with Gasteiger partial charge in [-0.1, -0.05) is 0 Å². The van der Waals surface area contributed by atoms with Crippen LogP contribution in [0.5, 0.6) is 5.75 Å². The molecule has 1 saturated carbocycles. The summed E-state index contributed by atoms with van der Waals surface area (Å²) in [6.45, 7) is 0. The van der Waals surface area contributed by atoms with Gasteiger partial charge in [0.15, 0.2) is 0 Å². The molecule has 1 aromatic heterocycles. The number of methoxy groups -OCH3 is 2. The van der Waals surface area contributed by atoms with Crippen LogP contribution in [0.1, 0.15) is 28.9 Å². The average molecular weight is 256 g/mol. The van der Waals surface area contributed by atoms with Crippen LogP contribution in [0.3, 0.4) is 0 Å². The van der Waals surface area contributed by atoms with Crippen molar-refractivity contribution in [3.05, 3.63) is 16.3 Å². The summed E-state index contributed by atoms with van der Waals surface area (Å²) in [6.07, 6.45) is 2.82. The van der Waals surface area contributed by atoms with Crippen molar-refractivity contribution in [3.8, 4) is 5.75 Å². The molecule has 5 heteroatoms. The summed E-state index contributed by atoms with van der Waals surface area (Å²) >= 11 is 1.33. The lowest BCUT2D eigenvalue weighted by Gasteiger charge is -2.18. The molecule has 94 valence electrons. The van der Waals surface area contributed by atoms with Crippen molar-refractivity contribution in [3.63, 3.8) is 0 Å². The van der Waals surface area contributed by atoms with E-state index in [9.17, 15) is 4.79 Å². The van der Waals surface area contributed by atoms with Crippen molar-refractivity contribution in [2.45, 2.75) is 31.5 Å². The third-order valence-corrected chi connectivity index (χ3v) is 3.85. The topological polar surface area (TPSA) is 44.8 Å². The molecule has 1 heterocycles. The van der Waals surface area contributed by atoms with Gasteiger partial charge in [0.05, 0.1) is 13.2 Å². The maximum Gasteiger partial charge on any atom is 0.348 e. The molecule has 4 nitrogen and oxygen atoms in total. The van der Waals surface area contributed by atoms with Crippen molar-refractivity contribution >= 4 is 17.3 Å². The summed E-state index contributed by atoms with van der Waals surface area (Å²) in [5.74, 6) is 0.406. The fraction of sp³-hybridized carbons (Fsp3) is 0.583. The van der Waals surface area contributed by atoms with Gasteiger partial charge in [0, 0.05) is 18.6 Å². The first-order valence-corrected chi connectivity index (χ1v) is 6.49. The predicted molar refractivity (Wildman–Crippen MR) is 64.7 cm³/mol. The highest BCUT2D eigenvalue weighted by Gasteiger charge is 2.31. The molecule has 1 fully saturated rings. The van der Waals surface area contributed by atoms with E-state index in [4.69, 9.17) is 14.2 Å². The molecule has 1 aromatic rings. The van der Waals surface area contributed by atoms with Gasteiger partial charge in [0.25, 0.3) is 0 Å². The number of carbonyl (C=O) groups excluding carboxylic acids is 1. The Hall–Kier alpha value is -1.07. The number of hydrogen-bond acceptors (Lipinski definition) is 5. The Labute approximate surface area is 104 Å². The molecule has 1 aliphatic carbocycles. The zero-order chi connectivity index (χ0) is 12.3. The highest BCUT2D eigenvalue weighted by atomic mass is 32.1. The lowest BCUT2D eigenvalue weighted by atomic mass is 10.2. The van der Waals surface area contributed by atoms with E-state index >= 15 is 0 Å². The molecule has 0 amide bonds. The van der Waals surface area contributed by atoms with E-state index in [1.807, 2.05) is 0 Å². The molecule has 2 atom stereocenters. The van der Waals surface area contributed by atoms with Crippen LogP contribution in [0.4, 0.5) is 0 Å². The molecule has 0 aliphatic heterocycles. The Bertz CT molecular complexity index is 388. The number of hydrogen-bond donors (Lipinski definition) is 0. The second-order valence-electron chi connectivity index (χ2n) is 4.00. The first kappa shape index (κ1) is 12.4. The van der Waals surface area contributed by atoms with Gasteiger partial charge in [0.2, 0.25) is 0 Å². The third-order valence-electron chi connectivity index (χ3n) is 2.97. The molecule has 0 saturated heterocycles. The Morgan fingerprint density at radius 2 is 2.12 bits per heavy atom. The number of carbonyl (C=O) groups is 1. The monoisotopic (exact) mass is 256 g/mol. The highest BCUT2D eigenvalue weighted by Crippen LogP contribution is 2.27. The molecular weight excluding hydrogens is 240 g/mol. The second kappa shape index (κ2) is 5.51. The van der Waals surface area contributed by atoms with Gasteiger partial charge in [-0.05, 0) is 19.3 Å². The zero-order valence-electron chi connectivity index (χ0n) is 9.97. The van der Waals surface area contributed by atoms with E-state index in [2.05, 4.69) is 0 Å². The summed E-state index contributed by atoms with van der Waals surface area (Å²) < 4.78 is 15.8. The van der Waals surface area contributed by atoms with Crippen molar-refractivity contribution in [1.29, 1.82) is 0 Å². The summed E-state index contributed by atoms with van der Waals surface area (Å²) in [7, 11) is 3.24. The lowest BCUT2D eigenvalue weighted by molar-refractivity contribution is -0.0203. The quantitative estimate of drug-likeness (QED) is 0.776. The normalized spacial score (nSPS) is 23.6. The first-order chi connectivity index (χ1) is 8.24. The van der Waals surface area contributed by atoms with Crippen LogP contribution in [0.2, 0.25) is 0 Å². The number of esters is 1. The Balaban J connectivity index is 1.96. The summed E-state index contributed by atoms with van der Waals surface area (Å²) in [6, 6.07) is 1.70. The van der Waals surface area contributed by atoms with E-state index in [0.29, 0.717) is 10.6 Å². The molecule has 0 aromatic carbocycles. The molecule has 0 radical (unpaired) electrons. The molecule has 0 spiro atoms. The predicted octanol–water partition coefficient (Wildman–Crippen LogP) is 2.48.